The van der Waals surface area contributed by atoms with Gasteiger partial charge in [0.1, 0.15) is 24.4 Å². The molecule has 28 heavy (non-hydrogen) atoms. The molecule has 0 saturated carbocycles. The average Bonchev–Trinajstić information content (AvgIpc) is 3.29. The van der Waals surface area contributed by atoms with Gasteiger partial charge in [-0.25, -0.2) is 0 Å². The molecule has 6 atom stereocenters. The SMILES string of the molecule is CCc1ccc([C@H](O)c2cc3c(cc2Cl)CO[C@]32O[C@H](C)[C@@H](O)[C@H](O)[C@H]2O)s1. The van der Waals surface area contributed by atoms with E-state index < -0.39 is 36.3 Å². The second-order valence-electron chi connectivity index (χ2n) is 7.30. The fourth-order valence-electron chi connectivity index (χ4n) is 3.88. The summed E-state index contributed by atoms with van der Waals surface area (Å²) in [6.45, 7) is 3.79. The summed E-state index contributed by atoms with van der Waals surface area (Å²) >= 11 is 7.95. The van der Waals surface area contributed by atoms with E-state index in [2.05, 4.69) is 0 Å². The highest BCUT2D eigenvalue weighted by atomic mass is 35.5. The van der Waals surface area contributed by atoms with Gasteiger partial charge in [-0.3, -0.25) is 0 Å². The van der Waals surface area contributed by atoms with Crippen LogP contribution in [0.25, 0.3) is 0 Å². The van der Waals surface area contributed by atoms with Crippen LogP contribution >= 0.6 is 22.9 Å². The molecule has 0 bridgehead atoms. The van der Waals surface area contributed by atoms with Gasteiger partial charge < -0.3 is 29.9 Å². The van der Waals surface area contributed by atoms with Gasteiger partial charge in [-0.1, -0.05) is 18.5 Å². The summed E-state index contributed by atoms with van der Waals surface area (Å²) in [5, 5.41) is 42.2. The molecule has 2 aromatic rings. The molecule has 0 radical (unpaired) electrons. The van der Waals surface area contributed by atoms with E-state index in [1.807, 2.05) is 19.1 Å². The molecule has 0 unspecified atom stereocenters. The molecular weight excluding hydrogens is 404 g/mol. The van der Waals surface area contributed by atoms with Crippen molar-refractivity contribution in [2.24, 2.45) is 0 Å². The maximum Gasteiger partial charge on any atom is 0.225 e. The molecule has 1 spiro atoms. The Hall–Kier alpha value is -1.03. The zero-order valence-corrected chi connectivity index (χ0v) is 17.1. The predicted molar refractivity (Wildman–Crippen MR) is 104 cm³/mol. The van der Waals surface area contributed by atoms with Crippen LogP contribution in [0.3, 0.4) is 0 Å². The Morgan fingerprint density at radius 1 is 1.25 bits per heavy atom. The minimum Gasteiger partial charge on any atom is -0.388 e. The van der Waals surface area contributed by atoms with Crippen LogP contribution < -0.4 is 0 Å². The number of thiophene rings is 1. The van der Waals surface area contributed by atoms with Crippen LogP contribution in [-0.4, -0.2) is 44.8 Å². The zero-order chi connectivity index (χ0) is 20.2. The lowest BCUT2D eigenvalue weighted by atomic mass is 9.86. The molecular formula is C20H23ClO6S. The first-order chi connectivity index (χ1) is 13.3. The monoisotopic (exact) mass is 426 g/mol. The van der Waals surface area contributed by atoms with Crippen molar-refractivity contribution in [1.82, 2.24) is 0 Å². The van der Waals surface area contributed by atoms with Crippen molar-refractivity contribution < 1.29 is 29.9 Å². The molecule has 0 aliphatic carbocycles. The van der Waals surface area contributed by atoms with Crippen LogP contribution in [0.15, 0.2) is 24.3 Å². The Bertz CT molecular complexity index is 886. The van der Waals surface area contributed by atoms with Crippen LogP contribution in [0.1, 0.15) is 46.4 Å². The standard InChI is InChI=1S/C20H23ClO6S/c1-3-11-4-5-15(28-11)17(23)12-7-13-10(6-14(12)21)8-26-20(13)19(25)18(24)16(22)9(2)27-20/h4-7,9,16-19,22-25H,3,8H2,1-2H3/t9-,16-,17-,18+,19-,20+/m1/s1. The number of benzene rings is 1. The first-order valence-electron chi connectivity index (χ1n) is 9.24. The lowest BCUT2D eigenvalue weighted by molar-refractivity contribution is -0.362. The lowest BCUT2D eigenvalue weighted by Crippen LogP contribution is -2.62. The fraction of sp³-hybridized carbons (Fsp3) is 0.500. The molecule has 1 aromatic heterocycles. The molecule has 4 rings (SSSR count). The molecule has 2 aliphatic rings. The molecule has 3 heterocycles. The Morgan fingerprint density at radius 3 is 2.68 bits per heavy atom. The van der Waals surface area contributed by atoms with Gasteiger partial charge in [-0.05, 0) is 43.2 Å². The van der Waals surface area contributed by atoms with Gasteiger partial charge in [0, 0.05) is 25.9 Å². The topological polar surface area (TPSA) is 99.4 Å². The van der Waals surface area contributed by atoms with E-state index in [1.54, 1.807) is 19.1 Å². The predicted octanol–water partition coefficient (Wildman–Crippen LogP) is 2.23. The second-order valence-corrected chi connectivity index (χ2v) is 8.90. The van der Waals surface area contributed by atoms with Gasteiger partial charge >= 0.3 is 0 Å². The molecule has 8 heteroatoms. The minimum atomic E-state index is -1.61. The zero-order valence-electron chi connectivity index (χ0n) is 15.5. The van der Waals surface area contributed by atoms with Crippen molar-refractivity contribution in [3.8, 4) is 0 Å². The third kappa shape index (κ3) is 3.02. The Balaban J connectivity index is 1.77. The third-order valence-electron chi connectivity index (χ3n) is 5.54. The van der Waals surface area contributed by atoms with Crippen molar-refractivity contribution in [1.29, 1.82) is 0 Å². The second kappa shape index (κ2) is 7.34. The highest BCUT2D eigenvalue weighted by Gasteiger charge is 2.57. The van der Waals surface area contributed by atoms with Crippen molar-refractivity contribution >= 4 is 22.9 Å². The molecule has 152 valence electrons. The van der Waals surface area contributed by atoms with E-state index in [9.17, 15) is 20.4 Å². The largest absolute Gasteiger partial charge is 0.388 e. The molecule has 2 aliphatic heterocycles. The molecule has 1 saturated heterocycles. The highest BCUT2D eigenvalue weighted by Crippen LogP contribution is 2.48. The van der Waals surface area contributed by atoms with Crippen molar-refractivity contribution in [3.05, 3.63) is 55.7 Å². The summed E-state index contributed by atoms with van der Waals surface area (Å²) in [5.41, 5.74) is 1.68. The van der Waals surface area contributed by atoms with E-state index >= 15 is 0 Å². The maximum atomic E-state index is 10.9. The quantitative estimate of drug-likeness (QED) is 0.600. The fourth-order valence-corrected chi connectivity index (χ4v) is 5.13. The van der Waals surface area contributed by atoms with Crippen molar-refractivity contribution in [3.63, 3.8) is 0 Å². The van der Waals surface area contributed by atoms with Crippen LogP contribution in [0.5, 0.6) is 0 Å². The summed E-state index contributed by atoms with van der Waals surface area (Å²) in [5.74, 6) is -1.61. The van der Waals surface area contributed by atoms with Gasteiger partial charge in [-0.15, -0.1) is 11.3 Å². The van der Waals surface area contributed by atoms with Crippen molar-refractivity contribution in [2.45, 2.75) is 63.2 Å². The number of aliphatic hydroxyl groups excluding tert-OH is 4. The van der Waals surface area contributed by atoms with Crippen LogP contribution in [-0.2, 0) is 28.3 Å². The van der Waals surface area contributed by atoms with Crippen molar-refractivity contribution in [2.75, 3.05) is 0 Å². The highest BCUT2D eigenvalue weighted by molar-refractivity contribution is 7.12. The lowest BCUT2D eigenvalue weighted by Gasteiger charge is -2.45. The maximum absolute atomic E-state index is 10.9. The van der Waals surface area contributed by atoms with Gasteiger partial charge in [-0.2, -0.15) is 0 Å². The molecule has 6 nitrogen and oxygen atoms in total. The van der Waals surface area contributed by atoms with Gasteiger partial charge in [0.05, 0.1) is 12.7 Å². The van der Waals surface area contributed by atoms with Gasteiger partial charge in [0.2, 0.25) is 5.79 Å². The molecule has 0 amide bonds. The summed E-state index contributed by atoms with van der Waals surface area (Å²) in [7, 11) is 0. The number of hydrogen-bond donors (Lipinski definition) is 4. The summed E-state index contributed by atoms with van der Waals surface area (Å²) in [6.07, 6.45) is -4.95. The summed E-state index contributed by atoms with van der Waals surface area (Å²) < 4.78 is 11.6. The van der Waals surface area contributed by atoms with E-state index in [0.717, 1.165) is 16.2 Å². The Labute approximate surface area is 171 Å². The third-order valence-corrected chi connectivity index (χ3v) is 7.15. The Kier molecular flexibility index (Phi) is 5.31. The smallest absolute Gasteiger partial charge is 0.225 e. The normalized spacial score (nSPS) is 33.2. The number of fused-ring (bicyclic) bond motifs is 2. The number of ether oxygens (including phenoxy) is 2. The summed E-state index contributed by atoms with van der Waals surface area (Å²) in [4.78, 5) is 1.92. The number of rotatable bonds is 3. The molecule has 1 aromatic carbocycles. The van der Waals surface area contributed by atoms with Gasteiger partial charge in [0.15, 0.2) is 0 Å². The number of aliphatic hydroxyl groups is 4. The van der Waals surface area contributed by atoms with E-state index in [-0.39, 0.29) is 6.61 Å². The number of aryl methyl sites for hydroxylation is 1. The first kappa shape index (κ1) is 20.3. The van der Waals surface area contributed by atoms with E-state index in [4.69, 9.17) is 21.1 Å². The van der Waals surface area contributed by atoms with Crippen LogP contribution in [0, 0.1) is 0 Å². The number of hydrogen-bond acceptors (Lipinski definition) is 7. The van der Waals surface area contributed by atoms with Gasteiger partial charge in [0.25, 0.3) is 0 Å². The summed E-state index contributed by atoms with van der Waals surface area (Å²) in [6, 6.07) is 7.21. The minimum absolute atomic E-state index is 0.136. The first-order valence-corrected chi connectivity index (χ1v) is 10.4. The Morgan fingerprint density at radius 2 is 2.00 bits per heavy atom. The van der Waals surface area contributed by atoms with Crippen LogP contribution in [0.2, 0.25) is 5.02 Å². The van der Waals surface area contributed by atoms with E-state index in [0.29, 0.717) is 21.7 Å². The molecule has 1 fully saturated rings. The van der Waals surface area contributed by atoms with E-state index in [1.165, 1.54) is 11.3 Å². The average molecular weight is 427 g/mol. The molecule has 4 N–H and O–H groups in total. The number of halogens is 1. The van der Waals surface area contributed by atoms with Crippen LogP contribution in [0.4, 0.5) is 0 Å².